The van der Waals surface area contributed by atoms with Crippen LogP contribution in [-0.2, 0) is 11.3 Å². The molecule has 0 aliphatic rings. The van der Waals surface area contributed by atoms with E-state index in [1.54, 1.807) is 36.4 Å². The molecule has 0 aliphatic heterocycles. The number of phenols is 1. The number of thiocarbonyl (C=S) groups is 1. The van der Waals surface area contributed by atoms with Crippen molar-refractivity contribution < 1.29 is 13.9 Å². The van der Waals surface area contributed by atoms with Gasteiger partial charge < -0.3 is 25.0 Å². The highest BCUT2D eigenvalue weighted by molar-refractivity contribution is 7.81. The molecule has 4 N–H and O–H groups in total. The third-order valence-corrected chi connectivity index (χ3v) is 3.42. The maximum absolute atomic E-state index is 10.6. The summed E-state index contributed by atoms with van der Waals surface area (Å²) >= 11 is 8.39. The first-order valence-corrected chi connectivity index (χ1v) is 7.83. The molecule has 0 radical (unpaired) electrons. The Labute approximate surface area is 139 Å². The summed E-state index contributed by atoms with van der Waals surface area (Å²) in [7, 11) is 0. The zero-order valence-corrected chi connectivity index (χ0v) is 13.4. The summed E-state index contributed by atoms with van der Waals surface area (Å²) in [6.45, 7) is 0. The zero-order valence-electron chi connectivity index (χ0n) is 11.0. The predicted molar refractivity (Wildman–Crippen MR) is 91.9 cm³/mol. The molecular weight excluding hydrogens is 346 g/mol. The highest BCUT2D eigenvalue weighted by Gasteiger charge is 2.08. The van der Waals surface area contributed by atoms with E-state index in [9.17, 15) is 13.9 Å². The summed E-state index contributed by atoms with van der Waals surface area (Å²) < 4.78 is 23.4. The molecule has 116 valence electrons. The maximum Gasteiger partial charge on any atom is 0.175 e. The molecule has 1 unspecified atom stereocenters. The van der Waals surface area contributed by atoms with Crippen LogP contribution in [0.5, 0.6) is 5.75 Å². The molecule has 0 fully saturated rings. The molecule has 2 aromatic carbocycles. The highest BCUT2D eigenvalue weighted by Crippen LogP contribution is 2.32. The second kappa shape index (κ2) is 7.41. The van der Waals surface area contributed by atoms with Gasteiger partial charge >= 0.3 is 0 Å². The van der Waals surface area contributed by atoms with Gasteiger partial charge in [-0.3, -0.25) is 4.21 Å². The third-order valence-electron chi connectivity index (χ3n) is 2.58. The Bertz CT molecular complexity index is 710. The monoisotopic (exact) mass is 356 g/mol. The number of aromatic hydroxyl groups is 1. The van der Waals surface area contributed by atoms with Gasteiger partial charge in [-0.1, -0.05) is 17.7 Å². The summed E-state index contributed by atoms with van der Waals surface area (Å²) in [5.41, 5.74) is 1.03. The summed E-state index contributed by atoms with van der Waals surface area (Å²) in [5, 5.41) is 16.5. The molecule has 0 amide bonds. The van der Waals surface area contributed by atoms with Gasteiger partial charge in [-0.15, -0.1) is 0 Å². The lowest BCUT2D eigenvalue weighted by Gasteiger charge is -2.15. The predicted octanol–water partition coefficient (Wildman–Crippen LogP) is 3.06. The van der Waals surface area contributed by atoms with E-state index >= 15 is 0 Å². The van der Waals surface area contributed by atoms with Gasteiger partial charge in [0.05, 0.1) is 11.4 Å². The second-order valence-electron chi connectivity index (χ2n) is 4.12. The molecule has 1 atom stereocenters. The van der Waals surface area contributed by atoms with Crippen LogP contribution in [0, 0.1) is 0 Å². The molecule has 0 spiro atoms. The molecule has 0 saturated carbocycles. The molecule has 0 heterocycles. The van der Waals surface area contributed by atoms with Gasteiger partial charge in [0.1, 0.15) is 0 Å². The topological polar surface area (TPSA) is 96.5 Å². The number of para-hydroxylation sites is 1. The fraction of sp³-hybridized carbons (Fsp3) is 0. The first-order valence-electron chi connectivity index (χ1n) is 5.97. The van der Waals surface area contributed by atoms with E-state index < -0.39 is 11.3 Å². The smallest absolute Gasteiger partial charge is 0.175 e. The number of rotatable bonds is 4. The quantitative estimate of drug-likeness (QED) is 0.382. The van der Waals surface area contributed by atoms with Crippen LogP contribution >= 0.6 is 23.8 Å². The van der Waals surface area contributed by atoms with E-state index in [-0.39, 0.29) is 22.2 Å². The number of anilines is 3. The van der Waals surface area contributed by atoms with Crippen molar-refractivity contribution in [1.82, 2.24) is 0 Å². The van der Waals surface area contributed by atoms with Crippen LogP contribution in [0.3, 0.4) is 0 Å². The van der Waals surface area contributed by atoms with Crippen LogP contribution < -0.4 is 15.4 Å². The minimum absolute atomic E-state index is 0.0487. The van der Waals surface area contributed by atoms with E-state index in [1.165, 1.54) is 6.07 Å². The number of hydrogen-bond acceptors (Lipinski definition) is 4. The minimum atomic E-state index is -2.53. The summed E-state index contributed by atoms with van der Waals surface area (Å²) in [6.07, 6.45) is 0. The van der Waals surface area contributed by atoms with Crippen molar-refractivity contribution in [3.8, 4) is 5.75 Å². The fourth-order valence-electron chi connectivity index (χ4n) is 1.63. The van der Waals surface area contributed by atoms with Gasteiger partial charge in [-0.2, -0.15) is 0 Å². The van der Waals surface area contributed by atoms with Crippen molar-refractivity contribution in [2.75, 3.05) is 15.4 Å². The lowest BCUT2D eigenvalue weighted by molar-refractivity contribution is 0.479. The summed E-state index contributed by atoms with van der Waals surface area (Å²) in [6, 6.07) is 11.5. The van der Waals surface area contributed by atoms with Crippen molar-refractivity contribution in [1.29, 1.82) is 0 Å². The average molecular weight is 357 g/mol. The van der Waals surface area contributed by atoms with Crippen LogP contribution in [0.4, 0.5) is 17.1 Å². The van der Waals surface area contributed by atoms with Crippen molar-refractivity contribution in [2.24, 2.45) is 0 Å². The number of phenolic OH excluding ortho intramolecular Hbond substituents is 1. The van der Waals surface area contributed by atoms with Gasteiger partial charge in [-0.05, 0) is 48.6 Å². The molecule has 6 nitrogen and oxygen atoms in total. The molecule has 0 bridgehead atoms. The Morgan fingerprint density at radius 1 is 1.14 bits per heavy atom. The van der Waals surface area contributed by atoms with Crippen molar-refractivity contribution in [3.63, 3.8) is 0 Å². The number of benzene rings is 2. The molecule has 0 aromatic heterocycles. The van der Waals surface area contributed by atoms with Gasteiger partial charge in [0, 0.05) is 22.0 Å². The molecule has 0 aliphatic carbocycles. The SMILES string of the molecule is O=S([O-])Nc1cccc(NC(=S)Nc2ccc(Cl)cc2)c1O. The first-order chi connectivity index (χ1) is 10.5. The van der Waals surface area contributed by atoms with Crippen LogP contribution in [0.1, 0.15) is 0 Å². The van der Waals surface area contributed by atoms with E-state index in [1.807, 2.05) is 0 Å². The Kier molecular flexibility index (Phi) is 5.56. The maximum atomic E-state index is 10.6. The third kappa shape index (κ3) is 4.57. The fourth-order valence-corrected chi connectivity index (χ4v) is 2.33. The number of nitrogens with one attached hydrogen (secondary N) is 3. The lowest BCUT2D eigenvalue weighted by atomic mass is 10.2. The highest BCUT2D eigenvalue weighted by atomic mass is 35.5. The molecule has 22 heavy (non-hydrogen) atoms. The lowest BCUT2D eigenvalue weighted by Crippen LogP contribution is -2.19. The van der Waals surface area contributed by atoms with Crippen LogP contribution in [-0.4, -0.2) is 19.0 Å². The Morgan fingerprint density at radius 2 is 1.77 bits per heavy atom. The van der Waals surface area contributed by atoms with E-state index in [2.05, 4.69) is 15.4 Å². The molecule has 0 saturated heterocycles. The van der Waals surface area contributed by atoms with Gasteiger partial charge in [0.25, 0.3) is 0 Å². The summed E-state index contributed by atoms with van der Waals surface area (Å²) in [4.78, 5) is 0. The van der Waals surface area contributed by atoms with Crippen molar-refractivity contribution >= 4 is 57.3 Å². The van der Waals surface area contributed by atoms with Crippen molar-refractivity contribution in [3.05, 3.63) is 47.5 Å². The van der Waals surface area contributed by atoms with E-state index in [4.69, 9.17) is 23.8 Å². The van der Waals surface area contributed by atoms with E-state index in [0.717, 1.165) is 5.69 Å². The van der Waals surface area contributed by atoms with Crippen LogP contribution in [0.15, 0.2) is 42.5 Å². The Hall–Kier alpha value is -1.87. The number of halogens is 1. The Balaban J connectivity index is 2.08. The van der Waals surface area contributed by atoms with E-state index in [0.29, 0.717) is 5.02 Å². The molecule has 2 rings (SSSR count). The average Bonchev–Trinajstić information content (AvgIpc) is 2.45. The summed E-state index contributed by atoms with van der Waals surface area (Å²) in [5.74, 6) is -0.257. The van der Waals surface area contributed by atoms with Gasteiger partial charge in [-0.25, -0.2) is 0 Å². The largest absolute Gasteiger partial charge is 0.755 e. The van der Waals surface area contributed by atoms with Crippen LogP contribution in [0.2, 0.25) is 5.02 Å². The molecular formula is C13H11ClN3O3S2-. The van der Waals surface area contributed by atoms with Gasteiger partial charge in [0.15, 0.2) is 10.9 Å². The molecule has 9 heteroatoms. The second-order valence-corrected chi connectivity index (χ2v) is 5.64. The van der Waals surface area contributed by atoms with Crippen LogP contribution in [0.25, 0.3) is 0 Å². The normalized spacial score (nSPS) is 11.5. The van der Waals surface area contributed by atoms with Gasteiger partial charge in [0.2, 0.25) is 0 Å². The zero-order chi connectivity index (χ0) is 16.1. The molecule has 2 aromatic rings. The van der Waals surface area contributed by atoms with Crippen molar-refractivity contribution in [2.45, 2.75) is 0 Å². The number of hydrogen-bond donors (Lipinski definition) is 4. The first kappa shape index (κ1) is 16.5. The standard InChI is InChI=1S/C13H12ClN3O3S2/c14-8-4-6-9(7-5-8)15-13(21)16-10-2-1-3-11(12(10)18)17-22(19)20/h1-7,17-18H,(H,19,20)(H2,15,16,21)/p-1. The minimum Gasteiger partial charge on any atom is -0.755 e. The Morgan fingerprint density at radius 3 is 2.41 bits per heavy atom.